The number of hydrogen-bond acceptors (Lipinski definition) is 4. The number of aliphatic carboxylic acids is 1. The molecule has 0 bridgehead atoms. The normalized spacial score (nSPS) is 13.7. The zero-order chi connectivity index (χ0) is 19.3. The van der Waals surface area contributed by atoms with Crippen molar-refractivity contribution in [1.29, 1.82) is 0 Å². The maximum absolute atomic E-state index is 13.2. The number of aromatic nitrogens is 1. The van der Waals surface area contributed by atoms with E-state index in [2.05, 4.69) is 4.98 Å². The van der Waals surface area contributed by atoms with E-state index in [9.17, 15) is 19.4 Å². The molecule has 1 heterocycles. The maximum atomic E-state index is 13.2. The molecule has 138 valence electrons. The number of aliphatic hydroxyl groups excluding tert-OH is 2. The van der Waals surface area contributed by atoms with Gasteiger partial charge in [0.15, 0.2) is 0 Å². The number of carboxylic acid groups (broad SMARTS) is 1. The molecule has 26 heavy (non-hydrogen) atoms. The summed E-state index contributed by atoms with van der Waals surface area (Å²) in [5.74, 6) is -1.45. The molecule has 0 radical (unpaired) electrons. The highest BCUT2D eigenvalue weighted by atomic mass is 19.1. The monoisotopic (exact) mass is 359 g/mol. The lowest BCUT2D eigenvalue weighted by Crippen LogP contribution is -2.19. The summed E-state index contributed by atoms with van der Waals surface area (Å²) in [6.07, 6.45) is 0.576. The van der Waals surface area contributed by atoms with Gasteiger partial charge in [0.2, 0.25) is 0 Å². The van der Waals surface area contributed by atoms with Crippen LogP contribution in [-0.4, -0.2) is 38.5 Å². The molecule has 1 aromatic heterocycles. The molecule has 6 heteroatoms. The largest absolute Gasteiger partial charge is 0.481 e. The van der Waals surface area contributed by atoms with Crippen molar-refractivity contribution >= 4 is 12.0 Å². The lowest BCUT2D eigenvalue weighted by molar-refractivity contribution is -0.139. The molecule has 2 atom stereocenters. The molecule has 1 aromatic carbocycles. The molecule has 0 amide bonds. The first-order chi connectivity index (χ1) is 12.3. The number of benzene rings is 1. The Balaban J connectivity index is 2.28. The number of aliphatic hydroxyl groups is 2. The number of nitrogens with zero attached hydrogens (tertiary/aromatic N) is 1. The molecule has 0 saturated heterocycles. The first-order valence-corrected chi connectivity index (χ1v) is 8.26. The number of pyridine rings is 1. The van der Waals surface area contributed by atoms with Crippen molar-refractivity contribution < 1.29 is 24.5 Å². The van der Waals surface area contributed by atoms with Crippen molar-refractivity contribution in [3.63, 3.8) is 0 Å². The maximum Gasteiger partial charge on any atom is 0.305 e. The average Bonchev–Trinajstić information content (AvgIpc) is 2.53. The highest BCUT2D eigenvalue weighted by Gasteiger charge is 2.14. The second kappa shape index (κ2) is 8.69. The SMILES string of the molecule is Cc1cc(C)c(/C=C/C(O)CC(O)CC(=O)O)c(-c2ccc(F)cc2)n1. The molecule has 0 fully saturated rings. The van der Waals surface area contributed by atoms with E-state index in [-0.39, 0.29) is 12.2 Å². The molecule has 2 rings (SSSR count). The summed E-state index contributed by atoms with van der Waals surface area (Å²) in [5, 5.41) is 28.3. The average molecular weight is 359 g/mol. The molecule has 5 nitrogen and oxygen atoms in total. The summed E-state index contributed by atoms with van der Waals surface area (Å²) < 4.78 is 13.2. The number of halogens is 1. The van der Waals surface area contributed by atoms with Gasteiger partial charge in [-0.25, -0.2) is 4.39 Å². The first kappa shape index (κ1) is 19.8. The van der Waals surface area contributed by atoms with E-state index in [0.29, 0.717) is 5.69 Å². The summed E-state index contributed by atoms with van der Waals surface area (Å²) in [6, 6.07) is 7.90. The van der Waals surface area contributed by atoms with Crippen molar-refractivity contribution in [1.82, 2.24) is 4.98 Å². The number of carbonyl (C=O) groups is 1. The Bertz CT molecular complexity index is 802. The zero-order valence-electron chi connectivity index (χ0n) is 14.7. The van der Waals surface area contributed by atoms with Crippen molar-refractivity contribution in [2.75, 3.05) is 0 Å². The third-order valence-electron chi connectivity index (χ3n) is 3.92. The molecule has 0 aliphatic carbocycles. The Morgan fingerprint density at radius 3 is 2.50 bits per heavy atom. The molecular weight excluding hydrogens is 337 g/mol. The van der Waals surface area contributed by atoms with Crippen LogP contribution in [0.3, 0.4) is 0 Å². The molecule has 0 aliphatic rings. The molecule has 0 saturated carbocycles. The fraction of sp³-hybridized carbons (Fsp3) is 0.300. The quantitative estimate of drug-likeness (QED) is 0.707. The number of hydrogen-bond donors (Lipinski definition) is 3. The Hall–Kier alpha value is -2.57. The molecular formula is C20H22FNO4. The van der Waals surface area contributed by atoms with Crippen molar-refractivity contribution in [2.24, 2.45) is 0 Å². The zero-order valence-corrected chi connectivity index (χ0v) is 14.7. The highest BCUT2D eigenvalue weighted by molar-refractivity contribution is 5.74. The lowest BCUT2D eigenvalue weighted by Gasteiger charge is -2.13. The number of aryl methyl sites for hydroxylation is 2. The minimum Gasteiger partial charge on any atom is -0.481 e. The predicted molar refractivity (Wildman–Crippen MR) is 97.0 cm³/mol. The van der Waals surface area contributed by atoms with Crippen molar-refractivity contribution in [3.05, 3.63) is 59.0 Å². The first-order valence-electron chi connectivity index (χ1n) is 8.26. The topological polar surface area (TPSA) is 90.7 Å². The minimum absolute atomic E-state index is 0.0764. The second-order valence-electron chi connectivity index (χ2n) is 6.26. The number of carboxylic acids is 1. The van der Waals surface area contributed by atoms with Crippen LogP contribution in [0.4, 0.5) is 4.39 Å². The van der Waals surface area contributed by atoms with Crippen molar-refractivity contribution in [3.8, 4) is 11.3 Å². The molecule has 0 spiro atoms. The van der Waals surface area contributed by atoms with Gasteiger partial charge in [0.1, 0.15) is 5.82 Å². The van der Waals surface area contributed by atoms with Gasteiger partial charge in [0, 0.05) is 23.2 Å². The van der Waals surface area contributed by atoms with E-state index in [0.717, 1.165) is 22.4 Å². The fourth-order valence-corrected chi connectivity index (χ4v) is 2.73. The van der Waals surface area contributed by atoms with Gasteiger partial charge >= 0.3 is 5.97 Å². The van der Waals surface area contributed by atoms with Gasteiger partial charge in [-0.3, -0.25) is 9.78 Å². The summed E-state index contributed by atoms with van der Waals surface area (Å²) >= 11 is 0. The summed E-state index contributed by atoms with van der Waals surface area (Å²) in [5.41, 5.74) is 3.94. The smallest absolute Gasteiger partial charge is 0.305 e. The van der Waals surface area contributed by atoms with Gasteiger partial charge in [-0.2, -0.15) is 0 Å². The third-order valence-corrected chi connectivity index (χ3v) is 3.92. The van der Waals surface area contributed by atoms with Crippen LogP contribution in [0.15, 0.2) is 36.4 Å². The van der Waals surface area contributed by atoms with Crippen LogP contribution in [0.5, 0.6) is 0 Å². The lowest BCUT2D eigenvalue weighted by atomic mass is 9.99. The molecule has 3 N–H and O–H groups in total. The van der Waals surface area contributed by atoms with Crippen molar-refractivity contribution in [2.45, 2.75) is 38.9 Å². The Labute approximate surface area is 151 Å². The third kappa shape index (κ3) is 5.47. The van der Waals surface area contributed by atoms with Gasteiger partial charge < -0.3 is 15.3 Å². The van der Waals surface area contributed by atoms with Crippen LogP contribution in [-0.2, 0) is 4.79 Å². The summed E-state index contributed by atoms with van der Waals surface area (Å²) in [6.45, 7) is 3.78. The Morgan fingerprint density at radius 1 is 1.23 bits per heavy atom. The van der Waals surface area contributed by atoms with Crippen LogP contribution in [0.2, 0.25) is 0 Å². The van der Waals surface area contributed by atoms with E-state index in [1.54, 1.807) is 18.2 Å². The van der Waals surface area contributed by atoms with E-state index in [1.807, 2.05) is 19.9 Å². The second-order valence-corrected chi connectivity index (χ2v) is 6.26. The molecule has 2 aromatic rings. The van der Waals surface area contributed by atoms with Gasteiger partial charge in [0.05, 0.1) is 24.3 Å². The molecule has 2 unspecified atom stereocenters. The van der Waals surface area contributed by atoms with Crippen LogP contribution in [0.1, 0.15) is 29.7 Å². The van der Waals surface area contributed by atoms with E-state index in [4.69, 9.17) is 5.11 Å². The Kier molecular flexibility index (Phi) is 6.60. The van der Waals surface area contributed by atoms with Crippen LogP contribution >= 0.6 is 0 Å². The fourth-order valence-electron chi connectivity index (χ4n) is 2.73. The van der Waals surface area contributed by atoms with Gasteiger partial charge in [0.25, 0.3) is 0 Å². The summed E-state index contributed by atoms with van der Waals surface area (Å²) in [7, 11) is 0. The standard InChI is InChI=1S/C20H22FNO4/c1-12-9-13(2)22-20(14-3-5-15(21)6-4-14)18(12)8-7-16(23)10-17(24)11-19(25)26/h3-9,16-17,23-24H,10-11H2,1-2H3,(H,25,26)/b8-7+. The summed E-state index contributed by atoms with van der Waals surface area (Å²) in [4.78, 5) is 15.1. The Morgan fingerprint density at radius 2 is 1.88 bits per heavy atom. The minimum atomic E-state index is -1.12. The predicted octanol–water partition coefficient (Wildman–Crippen LogP) is 3.10. The van der Waals surface area contributed by atoms with Crippen LogP contribution in [0, 0.1) is 19.7 Å². The van der Waals surface area contributed by atoms with E-state index < -0.39 is 24.6 Å². The number of rotatable bonds is 7. The highest BCUT2D eigenvalue weighted by Crippen LogP contribution is 2.27. The van der Waals surface area contributed by atoms with Gasteiger partial charge in [-0.05, 0) is 49.7 Å². The van der Waals surface area contributed by atoms with Gasteiger partial charge in [-0.1, -0.05) is 12.2 Å². The molecule has 0 aliphatic heterocycles. The van der Waals surface area contributed by atoms with Gasteiger partial charge in [-0.15, -0.1) is 0 Å². The van der Waals surface area contributed by atoms with Crippen LogP contribution in [0.25, 0.3) is 17.3 Å². The van der Waals surface area contributed by atoms with E-state index in [1.165, 1.54) is 18.2 Å². The van der Waals surface area contributed by atoms with E-state index >= 15 is 0 Å². The van der Waals surface area contributed by atoms with Crippen LogP contribution < -0.4 is 0 Å².